The van der Waals surface area contributed by atoms with Gasteiger partial charge in [-0.05, 0) is 37.3 Å². The summed E-state index contributed by atoms with van der Waals surface area (Å²) < 4.78 is 32.8. The van der Waals surface area contributed by atoms with Gasteiger partial charge in [0.1, 0.15) is 10.6 Å². The minimum Gasteiger partial charge on any atom is -0.495 e. The average molecular weight is 369 g/mol. The Labute approximate surface area is 145 Å². The Hall–Kier alpha value is -2.25. The molecule has 24 heavy (non-hydrogen) atoms. The number of methoxy groups -OCH3 is 1. The molecule has 8 heteroatoms. The van der Waals surface area contributed by atoms with E-state index in [9.17, 15) is 13.2 Å². The number of sulfonamides is 1. The Bertz CT molecular complexity index is 853. The molecule has 0 saturated carbocycles. The number of para-hydroxylation sites is 2. The molecule has 0 aliphatic carbocycles. The van der Waals surface area contributed by atoms with Crippen LogP contribution in [0.15, 0.2) is 47.4 Å². The third kappa shape index (κ3) is 3.98. The Morgan fingerprint density at radius 1 is 1.21 bits per heavy atom. The normalized spacial score (nSPS) is 11.0. The number of benzene rings is 2. The lowest BCUT2D eigenvalue weighted by molar-refractivity contribution is 0.0955. The van der Waals surface area contributed by atoms with Gasteiger partial charge in [-0.15, -0.1) is 0 Å². The fraction of sp³-hybridized carbons (Fsp3) is 0.188. The number of amides is 1. The van der Waals surface area contributed by atoms with Gasteiger partial charge in [0.25, 0.3) is 15.9 Å². The molecule has 0 unspecified atom stereocenters. The van der Waals surface area contributed by atoms with Gasteiger partial charge in [0.15, 0.2) is 0 Å². The van der Waals surface area contributed by atoms with Crippen molar-refractivity contribution < 1.29 is 17.9 Å². The summed E-state index contributed by atoms with van der Waals surface area (Å²) in [6.07, 6.45) is 0. The summed E-state index contributed by atoms with van der Waals surface area (Å²) in [6.45, 7) is 2.21. The largest absolute Gasteiger partial charge is 0.495 e. The van der Waals surface area contributed by atoms with Crippen LogP contribution in [0.1, 0.15) is 17.3 Å². The van der Waals surface area contributed by atoms with Crippen molar-refractivity contribution in [3.05, 3.63) is 53.1 Å². The van der Waals surface area contributed by atoms with Crippen LogP contribution < -0.4 is 14.8 Å². The second kappa shape index (κ2) is 7.55. The van der Waals surface area contributed by atoms with Gasteiger partial charge >= 0.3 is 0 Å². The zero-order valence-electron chi connectivity index (χ0n) is 13.2. The number of carbonyl (C=O) groups excluding carboxylic acids is 1. The molecule has 0 aliphatic rings. The van der Waals surface area contributed by atoms with Gasteiger partial charge in [0.2, 0.25) is 0 Å². The van der Waals surface area contributed by atoms with Crippen LogP contribution in [0.5, 0.6) is 5.75 Å². The van der Waals surface area contributed by atoms with Crippen molar-refractivity contribution in [3.63, 3.8) is 0 Å². The van der Waals surface area contributed by atoms with Crippen LogP contribution in [0.25, 0.3) is 0 Å². The smallest absolute Gasteiger partial charge is 0.263 e. The zero-order chi connectivity index (χ0) is 17.7. The quantitative estimate of drug-likeness (QED) is 0.821. The fourth-order valence-corrected chi connectivity index (χ4v) is 3.64. The van der Waals surface area contributed by atoms with Crippen molar-refractivity contribution in [1.82, 2.24) is 5.32 Å². The van der Waals surface area contributed by atoms with Gasteiger partial charge < -0.3 is 10.1 Å². The third-order valence-electron chi connectivity index (χ3n) is 3.17. The first kappa shape index (κ1) is 18.1. The lowest BCUT2D eigenvalue weighted by atomic mass is 10.2. The summed E-state index contributed by atoms with van der Waals surface area (Å²) in [5.41, 5.74) is 0.487. The van der Waals surface area contributed by atoms with E-state index in [4.69, 9.17) is 16.3 Å². The molecule has 0 heterocycles. The molecule has 0 aromatic heterocycles. The van der Waals surface area contributed by atoms with Crippen LogP contribution in [0.2, 0.25) is 5.02 Å². The van der Waals surface area contributed by atoms with Crippen molar-refractivity contribution in [3.8, 4) is 5.75 Å². The summed E-state index contributed by atoms with van der Waals surface area (Å²) in [4.78, 5) is 11.7. The first-order valence-electron chi connectivity index (χ1n) is 7.12. The lowest BCUT2D eigenvalue weighted by Gasteiger charge is -2.13. The summed E-state index contributed by atoms with van der Waals surface area (Å²) in [5, 5.41) is 2.63. The molecule has 0 spiro atoms. The molecule has 2 rings (SSSR count). The summed E-state index contributed by atoms with van der Waals surface area (Å²) in [7, 11) is -2.55. The van der Waals surface area contributed by atoms with Crippen LogP contribution >= 0.6 is 11.6 Å². The highest BCUT2D eigenvalue weighted by atomic mass is 35.5. The molecule has 2 N–H and O–H groups in total. The Balaban J connectivity index is 2.42. The van der Waals surface area contributed by atoms with E-state index in [1.54, 1.807) is 31.2 Å². The maximum Gasteiger partial charge on any atom is 0.263 e. The number of carbonyl (C=O) groups is 1. The van der Waals surface area contributed by atoms with E-state index in [0.717, 1.165) is 0 Å². The Morgan fingerprint density at radius 2 is 1.92 bits per heavy atom. The SMILES string of the molecule is CCNC(=O)c1ccc(Cl)c(S(=O)(=O)Nc2ccccc2OC)c1. The van der Waals surface area contributed by atoms with E-state index < -0.39 is 10.0 Å². The van der Waals surface area contributed by atoms with Crippen LogP contribution in [-0.2, 0) is 10.0 Å². The highest BCUT2D eigenvalue weighted by Crippen LogP contribution is 2.29. The van der Waals surface area contributed by atoms with E-state index in [-0.39, 0.29) is 27.1 Å². The van der Waals surface area contributed by atoms with Crippen LogP contribution in [0.3, 0.4) is 0 Å². The van der Waals surface area contributed by atoms with Crippen LogP contribution in [-0.4, -0.2) is 28.0 Å². The minimum absolute atomic E-state index is 0.0189. The molecule has 0 atom stereocenters. The molecule has 2 aromatic carbocycles. The maximum absolute atomic E-state index is 12.6. The van der Waals surface area contributed by atoms with Crippen molar-refractivity contribution >= 4 is 33.2 Å². The molecule has 0 fully saturated rings. The van der Waals surface area contributed by atoms with E-state index in [1.807, 2.05) is 0 Å². The Kier molecular flexibility index (Phi) is 5.69. The van der Waals surface area contributed by atoms with Gasteiger partial charge in [0, 0.05) is 12.1 Å². The van der Waals surface area contributed by atoms with Gasteiger partial charge in [0.05, 0.1) is 17.8 Å². The highest BCUT2D eigenvalue weighted by molar-refractivity contribution is 7.92. The van der Waals surface area contributed by atoms with Gasteiger partial charge in [-0.1, -0.05) is 23.7 Å². The maximum atomic E-state index is 12.6. The summed E-state index contributed by atoms with van der Waals surface area (Å²) in [6, 6.07) is 10.7. The van der Waals surface area contributed by atoms with E-state index in [0.29, 0.717) is 12.3 Å². The van der Waals surface area contributed by atoms with Crippen LogP contribution in [0, 0.1) is 0 Å². The second-order valence-electron chi connectivity index (χ2n) is 4.81. The summed E-state index contributed by atoms with van der Waals surface area (Å²) in [5.74, 6) is -0.0000126. The molecular weight excluding hydrogens is 352 g/mol. The number of hydrogen-bond donors (Lipinski definition) is 2. The molecule has 0 saturated heterocycles. The van der Waals surface area contributed by atoms with Gasteiger partial charge in [-0.2, -0.15) is 0 Å². The third-order valence-corrected chi connectivity index (χ3v) is 5.02. The number of nitrogens with one attached hydrogen (secondary N) is 2. The molecule has 1 amide bonds. The Morgan fingerprint density at radius 3 is 2.58 bits per heavy atom. The van der Waals surface area contributed by atoms with Gasteiger partial charge in [-0.25, -0.2) is 8.42 Å². The number of ether oxygens (including phenoxy) is 1. The second-order valence-corrected chi connectivity index (χ2v) is 6.87. The predicted molar refractivity (Wildman–Crippen MR) is 93.3 cm³/mol. The van der Waals surface area contributed by atoms with Crippen molar-refractivity contribution in [1.29, 1.82) is 0 Å². The van der Waals surface area contributed by atoms with E-state index in [1.165, 1.54) is 25.3 Å². The molecule has 0 aliphatic heterocycles. The predicted octanol–water partition coefficient (Wildman–Crippen LogP) is 2.90. The molecule has 0 radical (unpaired) electrons. The minimum atomic E-state index is -3.99. The lowest BCUT2D eigenvalue weighted by Crippen LogP contribution is -2.23. The number of halogens is 1. The zero-order valence-corrected chi connectivity index (χ0v) is 14.7. The molecular formula is C16H17ClN2O4S. The molecule has 2 aromatic rings. The highest BCUT2D eigenvalue weighted by Gasteiger charge is 2.21. The van der Waals surface area contributed by atoms with Crippen molar-refractivity contribution in [2.45, 2.75) is 11.8 Å². The van der Waals surface area contributed by atoms with Crippen molar-refractivity contribution in [2.75, 3.05) is 18.4 Å². The van der Waals surface area contributed by atoms with Crippen LogP contribution in [0.4, 0.5) is 5.69 Å². The van der Waals surface area contributed by atoms with Gasteiger partial charge in [-0.3, -0.25) is 9.52 Å². The first-order chi connectivity index (χ1) is 11.4. The monoisotopic (exact) mass is 368 g/mol. The standard InChI is InChI=1S/C16H17ClN2O4S/c1-3-18-16(20)11-8-9-12(17)15(10-11)24(21,22)19-13-6-4-5-7-14(13)23-2/h4-10,19H,3H2,1-2H3,(H,18,20). The number of hydrogen-bond acceptors (Lipinski definition) is 4. The molecule has 0 bridgehead atoms. The van der Waals surface area contributed by atoms with E-state index in [2.05, 4.69) is 10.0 Å². The average Bonchev–Trinajstić information content (AvgIpc) is 2.55. The topological polar surface area (TPSA) is 84.5 Å². The first-order valence-corrected chi connectivity index (χ1v) is 8.98. The molecule has 128 valence electrons. The van der Waals surface area contributed by atoms with E-state index >= 15 is 0 Å². The fourth-order valence-electron chi connectivity index (χ4n) is 2.04. The summed E-state index contributed by atoms with van der Waals surface area (Å²) >= 11 is 6.02. The molecule has 6 nitrogen and oxygen atoms in total. The number of anilines is 1. The number of rotatable bonds is 6. The van der Waals surface area contributed by atoms with Crippen molar-refractivity contribution in [2.24, 2.45) is 0 Å².